The van der Waals surface area contributed by atoms with Crippen molar-refractivity contribution in [1.82, 2.24) is 9.78 Å². The fourth-order valence-electron chi connectivity index (χ4n) is 1.72. The molecule has 0 aliphatic carbocycles. The molecule has 0 bridgehead atoms. The maximum Gasteiger partial charge on any atom is 0.258 e. The number of ether oxygens (including phenoxy) is 2. The number of hydrogen-bond acceptors (Lipinski definition) is 4. The van der Waals surface area contributed by atoms with Gasteiger partial charge in [0.25, 0.3) is 5.91 Å². The van der Waals surface area contributed by atoms with Gasteiger partial charge in [0.1, 0.15) is 0 Å². The van der Waals surface area contributed by atoms with Gasteiger partial charge < -0.3 is 14.8 Å². The Kier molecular flexibility index (Phi) is 2.40. The lowest BCUT2D eigenvalue weighted by molar-refractivity contribution is 0.102. The third-order valence-corrected chi connectivity index (χ3v) is 2.60. The Balaban J connectivity index is 1.78. The average Bonchev–Trinajstić information content (AvgIpc) is 2.96. The molecule has 0 radical (unpaired) electrons. The van der Waals surface area contributed by atoms with Gasteiger partial charge in [-0.25, -0.2) is 0 Å². The van der Waals surface area contributed by atoms with Gasteiger partial charge in [-0.15, -0.1) is 0 Å². The van der Waals surface area contributed by atoms with E-state index < -0.39 is 0 Å². The number of carbonyl (C=O) groups is 1. The standard InChI is InChI=1S/C12H11N3O3/c1-15-6-8(5-13-15)12(16)14-9-2-3-10-11(4-9)18-7-17-10/h2-6H,7H2,1H3,(H,14,16). The normalized spacial score (nSPS) is 12.5. The zero-order valence-corrected chi connectivity index (χ0v) is 9.71. The zero-order chi connectivity index (χ0) is 12.5. The first-order valence-electron chi connectivity index (χ1n) is 5.42. The highest BCUT2D eigenvalue weighted by molar-refractivity contribution is 6.04. The van der Waals surface area contributed by atoms with Gasteiger partial charge in [0.15, 0.2) is 11.5 Å². The summed E-state index contributed by atoms with van der Waals surface area (Å²) in [6.07, 6.45) is 3.17. The Labute approximate surface area is 103 Å². The third-order valence-electron chi connectivity index (χ3n) is 2.60. The first-order valence-corrected chi connectivity index (χ1v) is 5.42. The highest BCUT2D eigenvalue weighted by Gasteiger charge is 2.15. The molecule has 0 atom stereocenters. The molecule has 1 N–H and O–H groups in total. The predicted molar refractivity (Wildman–Crippen MR) is 63.7 cm³/mol. The second-order valence-corrected chi connectivity index (χ2v) is 3.92. The van der Waals surface area contributed by atoms with Crippen LogP contribution in [0.1, 0.15) is 10.4 Å². The van der Waals surface area contributed by atoms with Crippen LogP contribution in [0.15, 0.2) is 30.6 Å². The van der Waals surface area contributed by atoms with Gasteiger partial charge in [0, 0.05) is 25.0 Å². The van der Waals surface area contributed by atoms with Crippen molar-refractivity contribution in [2.45, 2.75) is 0 Å². The second-order valence-electron chi connectivity index (χ2n) is 3.92. The molecule has 0 saturated heterocycles. The molecular weight excluding hydrogens is 234 g/mol. The van der Waals surface area contributed by atoms with Crippen LogP contribution in [0.5, 0.6) is 11.5 Å². The lowest BCUT2D eigenvalue weighted by Gasteiger charge is -2.04. The lowest BCUT2D eigenvalue weighted by atomic mass is 10.2. The van der Waals surface area contributed by atoms with E-state index in [0.29, 0.717) is 22.7 Å². The van der Waals surface area contributed by atoms with Crippen LogP contribution in [0.25, 0.3) is 0 Å². The molecule has 6 nitrogen and oxygen atoms in total. The summed E-state index contributed by atoms with van der Waals surface area (Å²) in [7, 11) is 1.76. The molecule has 2 aromatic rings. The molecular formula is C12H11N3O3. The van der Waals surface area contributed by atoms with E-state index in [4.69, 9.17) is 9.47 Å². The number of hydrogen-bond donors (Lipinski definition) is 1. The number of nitrogens with one attached hydrogen (secondary N) is 1. The summed E-state index contributed by atoms with van der Waals surface area (Å²) in [6, 6.07) is 5.26. The van der Waals surface area contributed by atoms with Crippen LogP contribution in [0.4, 0.5) is 5.69 Å². The van der Waals surface area contributed by atoms with Gasteiger partial charge in [0.2, 0.25) is 6.79 Å². The Morgan fingerprint density at radius 2 is 2.22 bits per heavy atom. The number of aryl methyl sites for hydroxylation is 1. The van der Waals surface area contributed by atoms with Crippen molar-refractivity contribution in [3.8, 4) is 11.5 Å². The minimum absolute atomic E-state index is 0.207. The Morgan fingerprint density at radius 3 is 3.00 bits per heavy atom. The molecule has 0 fully saturated rings. The first-order chi connectivity index (χ1) is 8.72. The van der Waals surface area contributed by atoms with E-state index in [1.165, 1.54) is 6.20 Å². The summed E-state index contributed by atoms with van der Waals surface area (Å²) in [6.45, 7) is 0.218. The van der Waals surface area contributed by atoms with Gasteiger partial charge in [-0.1, -0.05) is 0 Å². The van der Waals surface area contributed by atoms with Gasteiger partial charge in [-0.05, 0) is 12.1 Å². The molecule has 92 valence electrons. The van der Waals surface area contributed by atoms with Gasteiger partial charge in [-0.2, -0.15) is 5.10 Å². The maximum atomic E-state index is 11.9. The molecule has 18 heavy (non-hydrogen) atoms. The first kappa shape index (κ1) is 10.6. The summed E-state index contributed by atoms with van der Waals surface area (Å²) >= 11 is 0. The Bertz CT molecular complexity index is 606. The number of fused-ring (bicyclic) bond motifs is 1. The van der Waals surface area contributed by atoms with Gasteiger partial charge in [0.05, 0.1) is 11.8 Å². The summed E-state index contributed by atoms with van der Waals surface area (Å²) in [5.74, 6) is 1.12. The van der Waals surface area contributed by atoms with Crippen LogP contribution in [-0.2, 0) is 7.05 Å². The van der Waals surface area contributed by atoms with E-state index in [2.05, 4.69) is 10.4 Å². The number of amides is 1. The molecule has 1 aromatic carbocycles. The number of aromatic nitrogens is 2. The predicted octanol–water partition coefficient (Wildman–Crippen LogP) is 1.40. The van der Waals surface area contributed by atoms with E-state index in [1.807, 2.05) is 0 Å². The number of rotatable bonds is 2. The Hall–Kier alpha value is -2.50. The van der Waals surface area contributed by atoms with Crippen molar-refractivity contribution < 1.29 is 14.3 Å². The molecule has 0 unspecified atom stereocenters. The van der Waals surface area contributed by atoms with E-state index in [0.717, 1.165) is 0 Å². The van der Waals surface area contributed by atoms with Crippen LogP contribution in [0.2, 0.25) is 0 Å². The van der Waals surface area contributed by atoms with Crippen LogP contribution in [-0.4, -0.2) is 22.5 Å². The number of benzene rings is 1. The highest BCUT2D eigenvalue weighted by atomic mass is 16.7. The van der Waals surface area contributed by atoms with E-state index in [1.54, 1.807) is 36.1 Å². The zero-order valence-electron chi connectivity index (χ0n) is 9.71. The van der Waals surface area contributed by atoms with Gasteiger partial charge >= 0.3 is 0 Å². The maximum absolute atomic E-state index is 11.9. The summed E-state index contributed by atoms with van der Waals surface area (Å²) in [5.41, 5.74) is 1.17. The molecule has 1 aliphatic heterocycles. The fraction of sp³-hybridized carbons (Fsp3) is 0.167. The van der Waals surface area contributed by atoms with E-state index in [-0.39, 0.29) is 12.7 Å². The van der Waals surface area contributed by atoms with Crippen molar-refractivity contribution in [2.24, 2.45) is 7.05 Å². The molecule has 6 heteroatoms. The molecule has 1 aromatic heterocycles. The molecule has 1 aliphatic rings. The summed E-state index contributed by atoms with van der Waals surface area (Å²) in [4.78, 5) is 11.9. The number of anilines is 1. The largest absolute Gasteiger partial charge is 0.454 e. The molecule has 0 saturated carbocycles. The average molecular weight is 245 g/mol. The summed E-state index contributed by atoms with van der Waals surface area (Å²) < 4.78 is 12.0. The minimum atomic E-state index is -0.207. The molecule has 1 amide bonds. The smallest absolute Gasteiger partial charge is 0.258 e. The van der Waals surface area contributed by atoms with Crippen molar-refractivity contribution >= 4 is 11.6 Å². The van der Waals surface area contributed by atoms with Crippen molar-refractivity contribution in [2.75, 3.05) is 12.1 Å². The van der Waals surface area contributed by atoms with Crippen LogP contribution in [0, 0.1) is 0 Å². The number of nitrogens with zero attached hydrogens (tertiary/aromatic N) is 2. The fourth-order valence-corrected chi connectivity index (χ4v) is 1.72. The van der Waals surface area contributed by atoms with Crippen LogP contribution in [0.3, 0.4) is 0 Å². The SMILES string of the molecule is Cn1cc(C(=O)Nc2ccc3c(c2)OCO3)cn1. The van der Waals surface area contributed by atoms with Crippen LogP contribution >= 0.6 is 0 Å². The topological polar surface area (TPSA) is 65.4 Å². The Morgan fingerprint density at radius 1 is 1.39 bits per heavy atom. The number of carbonyl (C=O) groups excluding carboxylic acids is 1. The second kappa shape index (κ2) is 4.06. The van der Waals surface area contributed by atoms with Crippen LogP contribution < -0.4 is 14.8 Å². The molecule has 0 spiro atoms. The monoisotopic (exact) mass is 245 g/mol. The van der Waals surface area contributed by atoms with Crippen molar-refractivity contribution in [3.63, 3.8) is 0 Å². The third kappa shape index (κ3) is 1.88. The quantitative estimate of drug-likeness (QED) is 0.868. The minimum Gasteiger partial charge on any atom is -0.454 e. The van der Waals surface area contributed by atoms with Gasteiger partial charge in [-0.3, -0.25) is 9.48 Å². The highest BCUT2D eigenvalue weighted by Crippen LogP contribution is 2.34. The summed E-state index contributed by atoms with van der Waals surface area (Å²) in [5, 5.41) is 6.72. The van der Waals surface area contributed by atoms with Crippen molar-refractivity contribution in [3.05, 3.63) is 36.2 Å². The molecule has 2 heterocycles. The molecule has 3 rings (SSSR count). The lowest BCUT2D eigenvalue weighted by Crippen LogP contribution is -2.10. The van der Waals surface area contributed by atoms with Crippen molar-refractivity contribution in [1.29, 1.82) is 0 Å². The van der Waals surface area contributed by atoms with E-state index >= 15 is 0 Å². The van der Waals surface area contributed by atoms with E-state index in [9.17, 15) is 4.79 Å².